The molecule has 0 saturated heterocycles. The molecule has 6 nitrogen and oxygen atoms in total. The number of anilines is 1. The van der Waals surface area contributed by atoms with Gasteiger partial charge >= 0.3 is 0 Å². The number of hydrogen-bond donors (Lipinski definition) is 3. The number of hydrogen-bond acceptors (Lipinski definition) is 5. The van der Waals surface area contributed by atoms with E-state index in [4.69, 9.17) is 5.73 Å². The molecule has 1 heterocycles. The Kier molecular flexibility index (Phi) is 3.21. The second-order valence-corrected chi connectivity index (χ2v) is 3.82. The van der Waals surface area contributed by atoms with E-state index >= 15 is 0 Å². The molecule has 0 aliphatic heterocycles. The molecule has 1 amide bonds. The largest absolute Gasteiger partial charge is 0.396 e. The first-order chi connectivity index (χ1) is 6.90. The van der Waals surface area contributed by atoms with Crippen LogP contribution in [0.2, 0.25) is 0 Å². The maximum Gasteiger partial charge on any atom is 0.272 e. The molecule has 0 radical (unpaired) electrons. The zero-order valence-corrected chi connectivity index (χ0v) is 8.69. The van der Waals surface area contributed by atoms with Crippen LogP contribution >= 0.6 is 0 Å². The Bertz CT molecular complexity index is 359. The van der Waals surface area contributed by atoms with Crippen molar-refractivity contribution in [1.29, 1.82) is 0 Å². The molecule has 0 saturated carbocycles. The van der Waals surface area contributed by atoms with Crippen LogP contribution in [-0.4, -0.2) is 33.1 Å². The van der Waals surface area contributed by atoms with Gasteiger partial charge in [0.25, 0.3) is 5.91 Å². The molecule has 0 aromatic carbocycles. The lowest BCUT2D eigenvalue weighted by Gasteiger charge is -2.17. The van der Waals surface area contributed by atoms with Gasteiger partial charge in [0, 0.05) is 6.54 Å². The van der Waals surface area contributed by atoms with Crippen LogP contribution in [0.3, 0.4) is 0 Å². The normalized spacial score (nSPS) is 11.1. The van der Waals surface area contributed by atoms with E-state index in [1.54, 1.807) is 13.8 Å². The predicted octanol–water partition coefficient (Wildman–Crippen LogP) is -0.441. The smallest absolute Gasteiger partial charge is 0.272 e. The van der Waals surface area contributed by atoms with Crippen molar-refractivity contribution in [3.8, 4) is 0 Å². The summed E-state index contributed by atoms with van der Waals surface area (Å²) in [6.45, 7) is 3.32. The molecule has 0 aliphatic rings. The number of nitrogens with one attached hydrogen (secondary N) is 1. The molecule has 0 atom stereocenters. The topological polar surface area (TPSA) is 101 Å². The summed E-state index contributed by atoms with van der Waals surface area (Å²) in [5, 5.41) is 11.9. The van der Waals surface area contributed by atoms with Crippen molar-refractivity contribution in [2.24, 2.45) is 0 Å². The van der Waals surface area contributed by atoms with Crippen LogP contribution in [0.4, 0.5) is 5.69 Å². The molecule has 1 aromatic heterocycles. The zero-order valence-electron chi connectivity index (χ0n) is 8.69. The average molecular weight is 210 g/mol. The van der Waals surface area contributed by atoms with Gasteiger partial charge in [0.2, 0.25) is 0 Å². The van der Waals surface area contributed by atoms with Crippen molar-refractivity contribution in [3.05, 3.63) is 18.2 Å². The second kappa shape index (κ2) is 4.22. The van der Waals surface area contributed by atoms with Crippen molar-refractivity contribution in [1.82, 2.24) is 15.3 Å². The minimum Gasteiger partial charge on any atom is -0.396 e. The number of nitrogens with two attached hydrogens (primary N) is 1. The Balaban J connectivity index is 2.66. The first-order valence-corrected chi connectivity index (χ1v) is 4.46. The van der Waals surface area contributed by atoms with Crippen molar-refractivity contribution in [2.75, 3.05) is 12.3 Å². The molecule has 6 heteroatoms. The van der Waals surface area contributed by atoms with Gasteiger partial charge in [0.15, 0.2) is 5.69 Å². The predicted molar refractivity (Wildman–Crippen MR) is 55.1 cm³/mol. The Hall–Kier alpha value is -1.69. The summed E-state index contributed by atoms with van der Waals surface area (Å²) in [6.07, 6.45) is 2.60. The summed E-state index contributed by atoms with van der Waals surface area (Å²) >= 11 is 0. The summed E-state index contributed by atoms with van der Waals surface area (Å²) < 4.78 is 0. The number of carbonyl (C=O) groups is 1. The lowest BCUT2D eigenvalue weighted by atomic mass is 10.1. The maximum absolute atomic E-state index is 11.5. The summed E-state index contributed by atoms with van der Waals surface area (Å²) in [5.74, 6) is -0.419. The average Bonchev–Trinajstić information content (AvgIpc) is 2.14. The monoisotopic (exact) mass is 210 g/mol. The van der Waals surface area contributed by atoms with Gasteiger partial charge in [-0.1, -0.05) is 0 Å². The van der Waals surface area contributed by atoms with Gasteiger partial charge in [-0.3, -0.25) is 4.79 Å². The molecule has 0 fully saturated rings. The van der Waals surface area contributed by atoms with E-state index < -0.39 is 11.5 Å². The SMILES string of the molecule is CC(C)(O)CNC(=O)c1ncncc1N. The first kappa shape index (κ1) is 11.4. The van der Waals surface area contributed by atoms with Gasteiger partial charge < -0.3 is 16.2 Å². The summed E-state index contributed by atoms with van der Waals surface area (Å²) in [5.41, 5.74) is 4.88. The zero-order chi connectivity index (χ0) is 11.5. The third kappa shape index (κ3) is 3.51. The number of nitrogens with zero attached hydrogens (tertiary/aromatic N) is 2. The van der Waals surface area contributed by atoms with E-state index in [1.807, 2.05) is 0 Å². The third-order valence-corrected chi connectivity index (χ3v) is 1.64. The lowest BCUT2D eigenvalue weighted by Crippen LogP contribution is -2.38. The van der Waals surface area contributed by atoms with Crippen LogP contribution in [0.5, 0.6) is 0 Å². The molecule has 82 valence electrons. The van der Waals surface area contributed by atoms with Crippen LogP contribution in [0.25, 0.3) is 0 Å². The summed E-state index contributed by atoms with van der Waals surface area (Å²) in [6, 6.07) is 0. The Morgan fingerprint density at radius 2 is 2.33 bits per heavy atom. The molecule has 1 rings (SSSR count). The fraction of sp³-hybridized carbons (Fsp3) is 0.444. The van der Waals surface area contributed by atoms with Gasteiger partial charge in [-0.05, 0) is 13.8 Å². The van der Waals surface area contributed by atoms with Gasteiger partial charge in [-0.25, -0.2) is 9.97 Å². The number of aromatic nitrogens is 2. The van der Waals surface area contributed by atoms with Crippen molar-refractivity contribution < 1.29 is 9.90 Å². The molecular weight excluding hydrogens is 196 g/mol. The van der Waals surface area contributed by atoms with Crippen molar-refractivity contribution >= 4 is 11.6 Å². The van der Waals surface area contributed by atoms with Gasteiger partial charge in [0.1, 0.15) is 6.33 Å². The standard InChI is InChI=1S/C9H14N4O2/c1-9(2,15)4-12-8(14)7-6(10)3-11-5-13-7/h3,5,15H,4,10H2,1-2H3,(H,12,14). The Morgan fingerprint density at radius 1 is 1.67 bits per heavy atom. The lowest BCUT2D eigenvalue weighted by molar-refractivity contribution is 0.0692. The maximum atomic E-state index is 11.5. The quantitative estimate of drug-likeness (QED) is 0.627. The summed E-state index contributed by atoms with van der Waals surface area (Å²) in [7, 11) is 0. The van der Waals surface area contributed by atoms with E-state index in [0.717, 1.165) is 0 Å². The van der Waals surface area contributed by atoms with Crippen LogP contribution < -0.4 is 11.1 Å². The van der Waals surface area contributed by atoms with E-state index in [1.165, 1.54) is 12.5 Å². The Morgan fingerprint density at radius 3 is 2.87 bits per heavy atom. The van der Waals surface area contributed by atoms with E-state index in [-0.39, 0.29) is 17.9 Å². The van der Waals surface area contributed by atoms with E-state index in [2.05, 4.69) is 15.3 Å². The van der Waals surface area contributed by atoms with E-state index in [9.17, 15) is 9.90 Å². The highest BCUT2D eigenvalue weighted by atomic mass is 16.3. The summed E-state index contributed by atoms with van der Waals surface area (Å²) in [4.78, 5) is 18.9. The van der Waals surface area contributed by atoms with Crippen LogP contribution in [0, 0.1) is 0 Å². The van der Waals surface area contributed by atoms with Crippen LogP contribution in [0.15, 0.2) is 12.5 Å². The molecule has 15 heavy (non-hydrogen) atoms. The third-order valence-electron chi connectivity index (χ3n) is 1.64. The van der Waals surface area contributed by atoms with Gasteiger partial charge in [0.05, 0.1) is 17.5 Å². The number of rotatable bonds is 3. The van der Waals surface area contributed by atoms with Gasteiger partial charge in [-0.15, -0.1) is 0 Å². The van der Waals surface area contributed by atoms with Crippen molar-refractivity contribution in [2.45, 2.75) is 19.4 Å². The fourth-order valence-corrected chi connectivity index (χ4v) is 0.910. The molecule has 0 bridgehead atoms. The fourth-order valence-electron chi connectivity index (χ4n) is 0.910. The second-order valence-electron chi connectivity index (χ2n) is 3.82. The highest BCUT2D eigenvalue weighted by Gasteiger charge is 2.16. The number of amides is 1. The van der Waals surface area contributed by atoms with Crippen LogP contribution in [-0.2, 0) is 0 Å². The van der Waals surface area contributed by atoms with Crippen LogP contribution in [0.1, 0.15) is 24.3 Å². The van der Waals surface area contributed by atoms with Gasteiger partial charge in [-0.2, -0.15) is 0 Å². The molecule has 0 aliphatic carbocycles. The molecule has 0 spiro atoms. The van der Waals surface area contributed by atoms with Crippen molar-refractivity contribution in [3.63, 3.8) is 0 Å². The minimum absolute atomic E-state index is 0.120. The molecule has 0 unspecified atom stereocenters. The minimum atomic E-state index is -0.961. The number of nitrogen functional groups attached to an aromatic ring is 1. The first-order valence-electron chi connectivity index (χ1n) is 4.46. The van der Waals surface area contributed by atoms with E-state index in [0.29, 0.717) is 0 Å². The highest BCUT2D eigenvalue weighted by Crippen LogP contribution is 2.05. The number of carbonyl (C=O) groups excluding carboxylic acids is 1. The molecule has 1 aromatic rings. The molecule has 4 N–H and O–H groups in total. The number of aliphatic hydroxyl groups is 1. The molecular formula is C9H14N4O2. The Labute approximate surface area is 87.5 Å². The highest BCUT2D eigenvalue weighted by molar-refractivity contribution is 5.96.